The first kappa shape index (κ1) is 30.9. The molecule has 6 N–H and O–H groups in total. The molecule has 8 nitrogen and oxygen atoms in total. The first-order valence-electron chi connectivity index (χ1n) is 12.0. The Bertz CT molecular complexity index is 664. The van der Waals surface area contributed by atoms with Crippen LogP contribution in [0.5, 0.6) is 0 Å². The molecule has 0 aliphatic carbocycles. The van der Waals surface area contributed by atoms with Crippen molar-refractivity contribution < 1.29 is 38.0 Å². The number of ether oxygens (including phenoxy) is 1. The maximum atomic E-state index is 13.1. The number of carbonyl (C=O) groups is 1. The van der Waals surface area contributed by atoms with Gasteiger partial charge in [0.15, 0.2) is 0 Å². The Kier molecular flexibility index (Phi) is 12.3. The highest BCUT2D eigenvalue weighted by Gasteiger charge is 2.48. The molecule has 0 aromatic heterocycles. The average molecular weight is 550 g/mol. The summed E-state index contributed by atoms with van der Waals surface area (Å²) in [6, 6.07) is -1.55. The zero-order valence-electron chi connectivity index (χ0n) is 20.3. The molecule has 2 aliphatic heterocycles. The molecule has 1 amide bonds. The van der Waals surface area contributed by atoms with Crippen LogP contribution in [0.3, 0.4) is 0 Å². The van der Waals surface area contributed by atoms with Crippen molar-refractivity contribution in [1.82, 2.24) is 16.0 Å². The summed E-state index contributed by atoms with van der Waals surface area (Å²) in [6.07, 6.45) is -4.19. The third kappa shape index (κ3) is 9.48. The molecule has 0 bridgehead atoms. The van der Waals surface area contributed by atoms with Crippen LogP contribution in [0.15, 0.2) is 0 Å². The number of halogens is 4. The van der Waals surface area contributed by atoms with E-state index in [1.807, 2.05) is 0 Å². The van der Waals surface area contributed by atoms with Crippen LogP contribution in [0, 0.1) is 5.92 Å². The summed E-state index contributed by atoms with van der Waals surface area (Å²) in [5.74, 6) is -0.0128. The van der Waals surface area contributed by atoms with Gasteiger partial charge in [-0.3, -0.25) is 4.79 Å². The summed E-state index contributed by atoms with van der Waals surface area (Å²) in [7, 11) is 0. The van der Waals surface area contributed by atoms with Crippen LogP contribution < -0.4 is 16.0 Å². The van der Waals surface area contributed by atoms with Crippen LogP contribution in [-0.4, -0.2) is 100 Å². The number of aliphatic hydroxyl groups excluding tert-OH is 3. The normalized spacial score (nSPS) is 35.1. The fraction of sp³-hybridized carbons (Fsp3) is 0.955. The molecule has 2 fully saturated rings. The maximum absolute atomic E-state index is 13.1. The van der Waals surface area contributed by atoms with Gasteiger partial charge in [-0.2, -0.15) is 13.2 Å². The predicted molar refractivity (Wildman–Crippen MR) is 129 cm³/mol. The molecule has 0 spiro atoms. The molecule has 0 radical (unpaired) electrons. The molecule has 2 saturated heterocycles. The first-order chi connectivity index (χ1) is 16.3. The molecule has 35 heavy (non-hydrogen) atoms. The van der Waals surface area contributed by atoms with E-state index in [9.17, 15) is 33.3 Å². The molecular weight excluding hydrogens is 511 g/mol. The summed E-state index contributed by atoms with van der Waals surface area (Å²) >= 11 is 7.51. The van der Waals surface area contributed by atoms with Gasteiger partial charge in [0.2, 0.25) is 5.91 Å². The first-order valence-corrected chi connectivity index (χ1v) is 13.8. The number of amides is 1. The van der Waals surface area contributed by atoms with Gasteiger partial charge >= 0.3 is 6.18 Å². The number of hydrogen-bond donors (Lipinski definition) is 6. The van der Waals surface area contributed by atoms with Crippen LogP contribution in [0.1, 0.15) is 46.0 Å². The Morgan fingerprint density at radius 3 is 2.46 bits per heavy atom. The van der Waals surface area contributed by atoms with Crippen molar-refractivity contribution in [2.45, 2.75) is 105 Å². The lowest BCUT2D eigenvalue weighted by Crippen LogP contribution is -2.65. The van der Waals surface area contributed by atoms with Gasteiger partial charge in [-0.25, -0.2) is 0 Å². The molecule has 13 heteroatoms. The molecule has 0 saturated carbocycles. The highest BCUT2D eigenvalue weighted by atomic mass is 35.5. The second-order valence-corrected chi connectivity index (χ2v) is 11.2. The van der Waals surface area contributed by atoms with E-state index in [1.165, 1.54) is 11.8 Å². The van der Waals surface area contributed by atoms with Gasteiger partial charge in [-0.05, 0) is 64.7 Å². The van der Waals surface area contributed by atoms with Crippen LogP contribution in [0.2, 0.25) is 0 Å². The van der Waals surface area contributed by atoms with E-state index in [0.717, 1.165) is 19.3 Å². The number of hydrogen-bond acceptors (Lipinski definition) is 8. The van der Waals surface area contributed by atoms with Crippen molar-refractivity contribution >= 4 is 29.3 Å². The lowest BCUT2D eigenvalue weighted by atomic mass is 9.91. The smallest absolute Gasteiger partial charge is 0.388 e. The van der Waals surface area contributed by atoms with Crippen molar-refractivity contribution in [1.29, 1.82) is 0 Å². The van der Waals surface area contributed by atoms with Crippen LogP contribution in [0.25, 0.3) is 0 Å². The van der Waals surface area contributed by atoms with Crippen molar-refractivity contribution in [3.63, 3.8) is 0 Å². The number of aliphatic hydroxyl groups is 3. The topological polar surface area (TPSA) is 123 Å². The Hall–Kier alpha value is -0.340. The van der Waals surface area contributed by atoms with Gasteiger partial charge in [-0.1, -0.05) is 0 Å². The van der Waals surface area contributed by atoms with Crippen molar-refractivity contribution in [3.05, 3.63) is 0 Å². The lowest BCUT2D eigenvalue weighted by molar-refractivity contribution is -0.205. The standard InChI is InChI=1S/C22H39ClF3N3O5S/c1-11(28-10-22(24,25)26)4-5-13-6-7-14(27-9-8-13)20(33)29-15(12(2)23)19-17(31)16(30)18(32)21(34-19)35-3/h11-19,21,27-28,30-32H,4-10H2,1-3H3,(H,29,33)/t11?,12-,13-,14-,15+,16?,17?,18+,19+,21?/m0/s1. The lowest BCUT2D eigenvalue weighted by Gasteiger charge is -2.44. The minimum Gasteiger partial charge on any atom is -0.388 e. The third-order valence-electron chi connectivity index (χ3n) is 6.78. The number of rotatable bonds is 10. The molecule has 10 atom stereocenters. The van der Waals surface area contributed by atoms with Crippen molar-refractivity contribution in [2.24, 2.45) is 5.92 Å². The highest BCUT2D eigenvalue weighted by molar-refractivity contribution is 7.99. The fourth-order valence-electron chi connectivity index (χ4n) is 4.59. The van der Waals surface area contributed by atoms with E-state index in [0.29, 0.717) is 25.3 Å². The summed E-state index contributed by atoms with van der Waals surface area (Å²) in [5.41, 5.74) is -0.780. The van der Waals surface area contributed by atoms with E-state index in [1.54, 1.807) is 20.1 Å². The molecule has 206 valence electrons. The second-order valence-electron chi connectivity index (χ2n) is 9.60. The molecule has 2 heterocycles. The number of thioether (sulfide) groups is 1. The van der Waals surface area contributed by atoms with Crippen LogP contribution >= 0.6 is 23.4 Å². The zero-order chi connectivity index (χ0) is 26.3. The zero-order valence-corrected chi connectivity index (χ0v) is 21.9. The monoisotopic (exact) mass is 549 g/mol. The van der Waals surface area contributed by atoms with Gasteiger partial charge in [-0.15, -0.1) is 23.4 Å². The SMILES string of the molecule is CSC1O[C@H]([C@H](NC(=O)[C@@H]2CC[C@H](CCC(C)NCC(F)(F)F)CCN2)[C@H](C)Cl)C(O)C(O)[C@H]1O. The summed E-state index contributed by atoms with van der Waals surface area (Å²) < 4.78 is 42.9. The number of nitrogens with one attached hydrogen (secondary N) is 3. The van der Waals surface area contributed by atoms with Gasteiger partial charge in [0, 0.05) is 6.04 Å². The van der Waals surface area contributed by atoms with E-state index < -0.39 is 60.0 Å². The van der Waals surface area contributed by atoms with Gasteiger partial charge in [0.25, 0.3) is 0 Å². The molecular formula is C22H39ClF3N3O5S. The van der Waals surface area contributed by atoms with Crippen LogP contribution in [-0.2, 0) is 9.53 Å². The second kappa shape index (κ2) is 14.0. The average Bonchev–Trinajstić information content (AvgIpc) is 3.04. The molecule has 2 rings (SSSR count). The fourth-order valence-corrected chi connectivity index (χ4v) is 5.47. The Morgan fingerprint density at radius 2 is 1.86 bits per heavy atom. The largest absolute Gasteiger partial charge is 0.401 e. The number of carbonyl (C=O) groups excluding carboxylic acids is 1. The van der Waals surface area contributed by atoms with E-state index in [4.69, 9.17) is 16.3 Å². The van der Waals surface area contributed by atoms with Crippen LogP contribution in [0.4, 0.5) is 13.2 Å². The van der Waals surface area contributed by atoms with Gasteiger partial charge < -0.3 is 36.0 Å². The van der Waals surface area contributed by atoms with Gasteiger partial charge in [0.1, 0.15) is 29.9 Å². The minimum absolute atomic E-state index is 0.251. The Morgan fingerprint density at radius 1 is 1.17 bits per heavy atom. The van der Waals surface area contributed by atoms with E-state index in [-0.39, 0.29) is 11.9 Å². The summed E-state index contributed by atoms with van der Waals surface area (Å²) in [4.78, 5) is 13.1. The minimum atomic E-state index is -4.23. The third-order valence-corrected chi connectivity index (χ3v) is 7.90. The quantitative estimate of drug-likeness (QED) is 0.226. The molecule has 0 aromatic rings. The molecule has 4 unspecified atom stereocenters. The number of alkyl halides is 4. The molecule has 0 aromatic carbocycles. The van der Waals surface area contributed by atoms with Crippen molar-refractivity contribution in [2.75, 3.05) is 19.3 Å². The summed E-state index contributed by atoms with van der Waals surface area (Å²) in [6.45, 7) is 2.98. The van der Waals surface area contributed by atoms with Crippen molar-refractivity contribution in [3.8, 4) is 0 Å². The predicted octanol–water partition coefficient (Wildman–Crippen LogP) is 1.35. The Labute approximate surface area is 214 Å². The maximum Gasteiger partial charge on any atom is 0.401 e. The Balaban J connectivity index is 1.89. The van der Waals surface area contributed by atoms with E-state index >= 15 is 0 Å². The summed E-state index contributed by atoms with van der Waals surface area (Å²) in [5, 5.41) is 38.8. The van der Waals surface area contributed by atoms with E-state index in [2.05, 4.69) is 16.0 Å². The molecule has 2 aliphatic rings. The van der Waals surface area contributed by atoms with Gasteiger partial charge in [0.05, 0.1) is 24.0 Å². The highest BCUT2D eigenvalue weighted by Crippen LogP contribution is 2.30.